The summed E-state index contributed by atoms with van der Waals surface area (Å²) in [6.45, 7) is 0. The van der Waals surface area contributed by atoms with Crippen molar-refractivity contribution in [1.82, 2.24) is 4.57 Å². The van der Waals surface area contributed by atoms with Crippen molar-refractivity contribution in [2.45, 2.75) is 0 Å². The first-order valence-corrected chi connectivity index (χ1v) is 30.6. The minimum absolute atomic E-state index is 1.06. The van der Waals surface area contributed by atoms with Crippen molar-refractivity contribution < 1.29 is 0 Å². The predicted molar refractivity (Wildman–Crippen MR) is 374 cm³/mol. The number of anilines is 6. The van der Waals surface area contributed by atoms with Crippen LogP contribution in [-0.2, 0) is 0 Å². The van der Waals surface area contributed by atoms with Gasteiger partial charge in [0.05, 0.1) is 11.0 Å². The molecule has 17 rings (SSSR count). The van der Waals surface area contributed by atoms with E-state index in [9.17, 15) is 0 Å². The highest BCUT2D eigenvalue weighted by atomic mass is 15.2. The molecule has 3 heteroatoms. The molecule has 0 saturated heterocycles. The lowest BCUT2D eigenvalue weighted by atomic mass is 9.88. The molecule has 0 unspecified atom stereocenters. The van der Waals surface area contributed by atoms with Gasteiger partial charge in [-0.05, 0) is 197 Å². The highest BCUT2D eigenvalue weighted by molar-refractivity contribution is 6.17. The van der Waals surface area contributed by atoms with Crippen LogP contribution >= 0.6 is 0 Å². The summed E-state index contributed by atoms with van der Waals surface area (Å²) in [4.78, 5) is 4.88. The van der Waals surface area contributed by atoms with E-state index in [1.807, 2.05) is 0 Å². The van der Waals surface area contributed by atoms with E-state index >= 15 is 0 Å². The maximum atomic E-state index is 2.46. The molecule has 2 aliphatic rings. The Morgan fingerprint density at radius 2 is 0.539 bits per heavy atom. The van der Waals surface area contributed by atoms with Crippen LogP contribution < -0.4 is 9.80 Å². The average Bonchev–Trinajstić information content (AvgIpc) is 3.46. The van der Waals surface area contributed by atoms with Gasteiger partial charge in [-0.3, -0.25) is 0 Å². The Hall–Kier alpha value is -11.8. The van der Waals surface area contributed by atoms with E-state index < -0.39 is 0 Å². The fourth-order valence-corrected chi connectivity index (χ4v) is 14.2. The van der Waals surface area contributed by atoms with E-state index in [4.69, 9.17) is 0 Å². The Morgan fingerprint density at radius 3 is 0.955 bits per heavy atom. The molecular formula is C86H57N3. The molecule has 0 spiro atoms. The molecule has 0 amide bonds. The van der Waals surface area contributed by atoms with Gasteiger partial charge in [0.2, 0.25) is 0 Å². The minimum atomic E-state index is 1.06. The number of para-hydroxylation sites is 2. The average molecular weight is 1130 g/mol. The number of benzene rings is 14. The predicted octanol–water partition coefficient (Wildman–Crippen LogP) is 22.9. The summed E-state index contributed by atoms with van der Waals surface area (Å²) in [6.07, 6.45) is 0. The first-order chi connectivity index (χ1) is 44.2. The van der Waals surface area contributed by atoms with Gasteiger partial charge < -0.3 is 14.4 Å². The number of fused-ring (bicyclic) bond motifs is 10. The van der Waals surface area contributed by atoms with Crippen LogP contribution in [0.1, 0.15) is 44.5 Å². The van der Waals surface area contributed by atoms with Gasteiger partial charge in [-0.15, -0.1) is 0 Å². The first-order valence-electron chi connectivity index (χ1n) is 30.6. The lowest BCUT2D eigenvalue weighted by Gasteiger charge is -2.27. The molecule has 14 aromatic carbocycles. The van der Waals surface area contributed by atoms with Crippen molar-refractivity contribution in [3.8, 4) is 27.9 Å². The molecule has 0 bridgehead atoms. The molecule has 0 N–H and O–H groups in total. The molecule has 15 aromatic rings. The second-order valence-electron chi connectivity index (χ2n) is 23.1. The molecule has 1 heterocycles. The lowest BCUT2D eigenvalue weighted by Crippen LogP contribution is -2.10. The second kappa shape index (κ2) is 21.6. The van der Waals surface area contributed by atoms with Crippen LogP contribution in [0.2, 0.25) is 0 Å². The molecule has 0 saturated carbocycles. The Kier molecular flexibility index (Phi) is 12.5. The maximum absolute atomic E-state index is 2.46. The summed E-state index contributed by atoms with van der Waals surface area (Å²) < 4.78 is 2.46. The van der Waals surface area contributed by atoms with Crippen LogP contribution in [0.3, 0.4) is 0 Å². The van der Waals surface area contributed by atoms with Crippen molar-refractivity contribution in [1.29, 1.82) is 0 Å². The van der Waals surface area contributed by atoms with Crippen LogP contribution in [0.5, 0.6) is 0 Å². The van der Waals surface area contributed by atoms with E-state index in [2.05, 4.69) is 360 Å². The minimum Gasteiger partial charge on any atom is -0.310 e. The molecule has 0 radical (unpaired) electrons. The maximum Gasteiger partial charge on any atom is 0.0542 e. The smallest absolute Gasteiger partial charge is 0.0542 e. The highest BCUT2D eigenvalue weighted by Crippen LogP contribution is 2.54. The molecule has 2 aliphatic carbocycles. The molecule has 89 heavy (non-hydrogen) atoms. The van der Waals surface area contributed by atoms with Gasteiger partial charge in [0.25, 0.3) is 0 Å². The van der Waals surface area contributed by atoms with Crippen molar-refractivity contribution in [3.63, 3.8) is 0 Å². The van der Waals surface area contributed by atoms with Crippen molar-refractivity contribution in [2.24, 2.45) is 0 Å². The monoisotopic (exact) mass is 1130 g/mol. The molecule has 3 nitrogen and oxygen atoms in total. The van der Waals surface area contributed by atoms with E-state index in [0.29, 0.717) is 0 Å². The normalized spacial score (nSPS) is 12.0. The lowest BCUT2D eigenvalue weighted by molar-refractivity contribution is 1.18. The van der Waals surface area contributed by atoms with Crippen molar-refractivity contribution in [3.05, 3.63) is 390 Å². The Labute approximate surface area is 518 Å². The van der Waals surface area contributed by atoms with E-state index in [-0.39, 0.29) is 0 Å². The Balaban J connectivity index is 0.884. The number of hydrogen-bond acceptors (Lipinski definition) is 2. The fourth-order valence-electron chi connectivity index (χ4n) is 14.2. The molecule has 0 atom stereocenters. The summed E-state index contributed by atoms with van der Waals surface area (Å²) >= 11 is 0. The third-order valence-corrected chi connectivity index (χ3v) is 18.1. The third-order valence-electron chi connectivity index (χ3n) is 18.1. The van der Waals surface area contributed by atoms with Crippen LogP contribution in [0.25, 0.3) is 82.8 Å². The van der Waals surface area contributed by atoms with Crippen LogP contribution in [0.15, 0.2) is 346 Å². The van der Waals surface area contributed by atoms with E-state index in [1.165, 1.54) is 99.8 Å². The van der Waals surface area contributed by atoms with Crippen molar-refractivity contribution >= 4 is 89.0 Å². The number of nitrogens with zero attached hydrogens (tertiary/aromatic N) is 3. The summed E-state index contributed by atoms with van der Waals surface area (Å²) in [5.74, 6) is 0. The van der Waals surface area contributed by atoms with Gasteiger partial charge in [0.15, 0.2) is 0 Å². The zero-order valence-electron chi connectivity index (χ0n) is 48.8. The summed E-state index contributed by atoms with van der Waals surface area (Å²) in [6, 6.07) is 127. The second-order valence-corrected chi connectivity index (χ2v) is 23.1. The molecular weight excluding hydrogens is 1070 g/mol. The van der Waals surface area contributed by atoms with Gasteiger partial charge >= 0.3 is 0 Å². The topological polar surface area (TPSA) is 11.4 Å². The quantitative estimate of drug-likeness (QED) is 0.128. The number of rotatable bonds is 11. The Morgan fingerprint density at radius 1 is 0.213 bits per heavy atom. The van der Waals surface area contributed by atoms with Gasteiger partial charge in [-0.1, -0.05) is 249 Å². The van der Waals surface area contributed by atoms with E-state index in [1.54, 1.807) is 0 Å². The number of hydrogen-bond donors (Lipinski definition) is 0. The van der Waals surface area contributed by atoms with Gasteiger partial charge in [-0.2, -0.15) is 0 Å². The van der Waals surface area contributed by atoms with Crippen LogP contribution in [-0.4, -0.2) is 4.57 Å². The summed E-state index contributed by atoms with van der Waals surface area (Å²) in [5.41, 5.74) is 29.3. The number of aromatic nitrogens is 1. The van der Waals surface area contributed by atoms with Gasteiger partial charge in [0.1, 0.15) is 0 Å². The van der Waals surface area contributed by atoms with Gasteiger partial charge in [-0.25, -0.2) is 0 Å². The zero-order chi connectivity index (χ0) is 58.8. The fraction of sp³-hybridized carbons (Fsp3) is 0. The largest absolute Gasteiger partial charge is 0.310 e. The van der Waals surface area contributed by atoms with Crippen LogP contribution in [0, 0.1) is 0 Å². The summed E-state index contributed by atoms with van der Waals surface area (Å²) in [5, 5.41) is 4.71. The standard InChI is InChI=1S/C86H57N3/c1-7-26-59(27-8-1)83(60-28-9-2-10-29-60)85-75-41-23-21-39-71(75)73-49-45-67(56-79(73)85)87(64-35-15-5-16-36-64)69-47-51-81-77(54-69)78-55-70(48-52-82(78)89(81)66-44-43-58-25-19-20-34-63(58)53-66)88(65-37-17-6-18-38-65)68-46-50-74-72-40-22-24-42-76(72)86(80(74)57-68)84(61-30-11-3-12-31-61)62-32-13-4-14-33-62/h1-57H. The molecule has 0 aliphatic heterocycles. The molecule has 416 valence electrons. The molecule has 0 fully saturated rings. The Bertz CT molecular complexity index is 4900. The van der Waals surface area contributed by atoms with Crippen LogP contribution in [0.4, 0.5) is 34.1 Å². The van der Waals surface area contributed by atoms with Crippen molar-refractivity contribution in [2.75, 3.05) is 9.80 Å². The molecule has 1 aromatic heterocycles. The first kappa shape index (κ1) is 51.6. The highest BCUT2D eigenvalue weighted by Gasteiger charge is 2.31. The van der Waals surface area contributed by atoms with Gasteiger partial charge in [0, 0.05) is 50.6 Å². The van der Waals surface area contributed by atoms with E-state index in [0.717, 1.165) is 61.6 Å². The zero-order valence-corrected chi connectivity index (χ0v) is 48.8. The third kappa shape index (κ3) is 8.82. The SMILES string of the molecule is c1ccc(C(=C2c3ccccc3-c3ccc(N(c4ccccc4)c4ccc5c(c4)c4cc(N(c6ccccc6)c6ccc7c(c6)C(=C(c6ccccc6)c6ccccc6)c6ccccc6-7)ccc4n5-c4ccc5ccccc5c4)cc32)c2ccccc2)cc1. The summed E-state index contributed by atoms with van der Waals surface area (Å²) in [7, 11) is 0.